The quantitative estimate of drug-likeness (QED) is 0.351. The van der Waals surface area contributed by atoms with Gasteiger partial charge in [-0.05, 0) is 20.3 Å². The van der Waals surface area contributed by atoms with Crippen molar-refractivity contribution in [2.45, 2.75) is 27.2 Å². The number of carbonyl (C=O) groups excluding carboxylic acids is 3. The summed E-state index contributed by atoms with van der Waals surface area (Å²) < 4.78 is 0. The molecule has 0 spiro atoms. The Balaban J connectivity index is 0.00000256. The number of hydrogen-bond acceptors (Lipinski definition) is 3. The molecule has 0 aromatic heterocycles. The van der Waals surface area contributed by atoms with Crippen LogP contribution in [0, 0.1) is 5.41 Å². The minimum absolute atomic E-state index is 0. The van der Waals surface area contributed by atoms with Gasteiger partial charge in [-0.3, -0.25) is 19.8 Å². The Morgan fingerprint density at radius 3 is 2.35 bits per heavy atom. The second kappa shape index (κ2) is 5.80. The van der Waals surface area contributed by atoms with Gasteiger partial charge in [-0.2, -0.15) is 0 Å². The van der Waals surface area contributed by atoms with Crippen molar-refractivity contribution in [3.05, 3.63) is 11.6 Å². The maximum Gasteiger partial charge on any atom is 1.00 e. The van der Waals surface area contributed by atoms with Gasteiger partial charge >= 0.3 is 35.6 Å². The Morgan fingerprint density at radius 2 is 1.94 bits per heavy atom. The molecule has 5 nitrogen and oxygen atoms in total. The van der Waals surface area contributed by atoms with Gasteiger partial charge in [0.2, 0.25) is 11.8 Å². The average molecular weight is 247 g/mol. The predicted octanol–water partition coefficient (Wildman–Crippen LogP) is -1.94. The fourth-order valence-electron chi connectivity index (χ4n) is 1.95. The Kier molecular flexibility index (Phi) is 5.58. The fourth-order valence-corrected chi connectivity index (χ4v) is 1.95. The summed E-state index contributed by atoms with van der Waals surface area (Å²) in [7, 11) is 1.37. The van der Waals surface area contributed by atoms with Crippen molar-refractivity contribution >= 4 is 17.8 Å². The van der Waals surface area contributed by atoms with Crippen LogP contribution in [0.4, 0.5) is 4.79 Å². The van der Waals surface area contributed by atoms with Crippen LogP contribution >= 0.6 is 0 Å². The Morgan fingerprint density at radius 1 is 1.41 bits per heavy atom. The molecule has 17 heavy (non-hydrogen) atoms. The number of carbonyl (C=O) groups is 3. The van der Waals surface area contributed by atoms with E-state index in [0.29, 0.717) is 12.0 Å². The molecule has 1 N–H and O–H groups in total. The molecule has 6 heteroatoms. The Hall–Kier alpha value is -0.650. The molecule has 1 fully saturated rings. The van der Waals surface area contributed by atoms with Crippen LogP contribution in [-0.4, -0.2) is 29.8 Å². The molecule has 0 radical (unpaired) electrons. The summed E-state index contributed by atoms with van der Waals surface area (Å²) in [6.45, 7) is 5.25. The van der Waals surface area contributed by atoms with Crippen molar-refractivity contribution in [1.82, 2.24) is 10.2 Å². The number of hydrogen-bond donors (Lipinski definition) is 1. The van der Waals surface area contributed by atoms with E-state index >= 15 is 0 Å². The molecule has 1 atom stereocenters. The van der Waals surface area contributed by atoms with Crippen molar-refractivity contribution in [3.63, 3.8) is 0 Å². The maximum absolute atomic E-state index is 12.1. The third-order valence-electron chi connectivity index (χ3n) is 3.22. The van der Waals surface area contributed by atoms with Crippen molar-refractivity contribution in [2.75, 3.05) is 7.05 Å². The van der Waals surface area contributed by atoms with Crippen molar-refractivity contribution < 1.29 is 43.9 Å². The zero-order valence-electron chi connectivity index (χ0n) is 11.0. The third-order valence-corrected chi connectivity index (χ3v) is 3.22. The number of barbiturate groups is 1. The van der Waals surface area contributed by atoms with E-state index in [1.165, 1.54) is 7.05 Å². The first-order valence-corrected chi connectivity index (χ1v) is 5.18. The van der Waals surface area contributed by atoms with Crippen molar-refractivity contribution in [3.8, 4) is 0 Å². The first kappa shape index (κ1) is 16.4. The SMILES string of the molecule is C/C=C(\C)C1(CC)C(=O)NC(=O)N(C)C1=O.[Na+]. The smallest absolute Gasteiger partial charge is 0.276 e. The molecular formula is C11H16N2NaO3+. The molecule has 0 aromatic rings. The van der Waals surface area contributed by atoms with Crippen LogP contribution in [-0.2, 0) is 9.59 Å². The largest absolute Gasteiger partial charge is 1.00 e. The van der Waals surface area contributed by atoms with Crippen molar-refractivity contribution in [1.29, 1.82) is 0 Å². The first-order valence-electron chi connectivity index (χ1n) is 5.18. The summed E-state index contributed by atoms with van der Waals surface area (Å²) >= 11 is 0. The van der Waals surface area contributed by atoms with Gasteiger partial charge < -0.3 is 0 Å². The summed E-state index contributed by atoms with van der Waals surface area (Å²) in [4.78, 5) is 36.2. The van der Waals surface area contributed by atoms with Crippen LogP contribution < -0.4 is 34.9 Å². The van der Waals surface area contributed by atoms with Crippen LogP contribution in [0.25, 0.3) is 0 Å². The standard InChI is InChI=1S/C11H16N2O3.Na/c1-5-7(3)11(6-2)8(14)12-10(16)13(4)9(11)15;/h5H,6H2,1-4H3,(H,12,14,16);/q;+1/b7-5+;. The predicted molar refractivity (Wildman–Crippen MR) is 58.5 cm³/mol. The van der Waals surface area contributed by atoms with Gasteiger partial charge in [-0.25, -0.2) is 4.79 Å². The molecule has 4 amide bonds. The van der Waals surface area contributed by atoms with E-state index in [1.807, 2.05) is 0 Å². The number of nitrogens with zero attached hydrogens (tertiary/aromatic N) is 1. The zero-order valence-corrected chi connectivity index (χ0v) is 13.0. The van der Waals surface area contributed by atoms with E-state index in [4.69, 9.17) is 0 Å². The molecular weight excluding hydrogens is 231 g/mol. The monoisotopic (exact) mass is 247 g/mol. The summed E-state index contributed by atoms with van der Waals surface area (Å²) in [6.07, 6.45) is 2.07. The molecule has 0 aromatic carbocycles. The van der Waals surface area contributed by atoms with Crippen molar-refractivity contribution in [2.24, 2.45) is 5.41 Å². The van der Waals surface area contributed by atoms with Crippen LogP contribution in [0.2, 0.25) is 0 Å². The number of rotatable bonds is 2. The molecule has 0 saturated carbocycles. The van der Waals surface area contributed by atoms with E-state index in [0.717, 1.165) is 4.90 Å². The maximum atomic E-state index is 12.1. The molecule has 1 unspecified atom stereocenters. The van der Waals surface area contributed by atoms with E-state index in [-0.39, 0.29) is 29.6 Å². The van der Waals surface area contributed by atoms with Crippen LogP contribution in [0.15, 0.2) is 11.6 Å². The minimum Gasteiger partial charge on any atom is -0.276 e. The van der Waals surface area contributed by atoms with Gasteiger partial charge in [0, 0.05) is 7.05 Å². The molecule has 1 saturated heterocycles. The second-order valence-corrected chi connectivity index (χ2v) is 3.85. The fraction of sp³-hybridized carbons (Fsp3) is 0.545. The molecule has 0 aliphatic carbocycles. The number of amides is 4. The van der Waals surface area contributed by atoms with Crippen LogP contribution in [0.5, 0.6) is 0 Å². The van der Waals surface area contributed by atoms with E-state index in [2.05, 4.69) is 5.32 Å². The van der Waals surface area contributed by atoms with E-state index < -0.39 is 23.3 Å². The number of nitrogens with one attached hydrogen (secondary N) is 1. The molecule has 1 aliphatic heterocycles. The Labute approximate surface area is 123 Å². The van der Waals surface area contributed by atoms with Gasteiger partial charge in [0.1, 0.15) is 5.41 Å². The molecule has 1 aliphatic rings. The van der Waals surface area contributed by atoms with Gasteiger partial charge in [-0.1, -0.05) is 18.6 Å². The van der Waals surface area contributed by atoms with Crippen LogP contribution in [0.1, 0.15) is 27.2 Å². The number of urea groups is 1. The van der Waals surface area contributed by atoms with Crippen LogP contribution in [0.3, 0.4) is 0 Å². The number of allylic oxidation sites excluding steroid dienone is 1. The first-order chi connectivity index (χ1) is 7.41. The second-order valence-electron chi connectivity index (χ2n) is 3.85. The molecule has 1 rings (SSSR count). The minimum atomic E-state index is -1.22. The molecule has 1 heterocycles. The number of imide groups is 2. The van der Waals surface area contributed by atoms with E-state index in [9.17, 15) is 14.4 Å². The zero-order chi connectivity index (χ0) is 12.5. The Bertz CT molecular complexity index is 392. The topological polar surface area (TPSA) is 66.5 Å². The summed E-state index contributed by atoms with van der Waals surface area (Å²) in [5.41, 5.74) is -0.561. The summed E-state index contributed by atoms with van der Waals surface area (Å²) in [5, 5.41) is 2.20. The van der Waals surface area contributed by atoms with E-state index in [1.54, 1.807) is 26.8 Å². The third kappa shape index (κ3) is 2.32. The summed E-state index contributed by atoms with van der Waals surface area (Å²) in [6, 6.07) is -0.664. The van der Waals surface area contributed by atoms with Gasteiger partial charge in [0.15, 0.2) is 0 Å². The van der Waals surface area contributed by atoms with Gasteiger partial charge in [0.05, 0.1) is 0 Å². The van der Waals surface area contributed by atoms with Gasteiger partial charge in [0.25, 0.3) is 0 Å². The molecule has 88 valence electrons. The average Bonchev–Trinajstić information content (AvgIpc) is 2.27. The normalized spacial score (nSPS) is 25.5. The van der Waals surface area contributed by atoms with Gasteiger partial charge in [-0.15, -0.1) is 0 Å². The summed E-state index contributed by atoms with van der Waals surface area (Å²) in [5.74, 6) is -0.988. The molecule has 0 bridgehead atoms.